The summed E-state index contributed by atoms with van der Waals surface area (Å²) in [6, 6.07) is 99.8. The van der Waals surface area contributed by atoms with Crippen LogP contribution < -0.4 is 9.80 Å². The fourth-order valence-electron chi connectivity index (χ4n) is 11.7. The van der Waals surface area contributed by atoms with Crippen LogP contribution in [0.5, 0.6) is 0 Å². The van der Waals surface area contributed by atoms with E-state index in [4.69, 9.17) is 0 Å². The van der Waals surface area contributed by atoms with Gasteiger partial charge in [-0.15, -0.1) is 11.3 Å². The van der Waals surface area contributed by atoms with Gasteiger partial charge in [0.1, 0.15) is 0 Å². The smallest absolute Gasteiger partial charge is 0.0640 e. The standard InChI is InChI=1S/C70H46N4S/c1-3-19-52(20-4-1)71(57-35-38-67-63(45-57)60-23-11-13-25-65(60)73(67)55-33-27-47-15-7-9-17-50(47)43-55)54-31-29-49(30-32-54)59-37-40-69(70-62(59)41-42-75-70)72(53-21-5-2-6-22-53)58-36-39-68-64(46-58)61-24-12-14-26-66(61)74(68)56-34-28-48-16-8-10-18-51(48)44-56/h1-46H. The zero-order chi connectivity index (χ0) is 49.4. The number of rotatable bonds is 9. The molecule has 0 bridgehead atoms. The van der Waals surface area contributed by atoms with Crippen molar-refractivity contribution in [3.8, 4) is 22.5 Å². The Kier molecular flexibility index (Phi) is 10.0. The number of thiophene rings is 1. The molecule has 0 fully saturated rings. The van der Waals surface area contributed by atoms with E-state index in [1.54, 1.807) is 11.3 Å². The minimum Gasteiger partial charge on any atom is -0.310 e. The van der Waals surface area contributed by atoms with Crippen LogP contribution in [0.1, 0.15) is 0 Å². The third-order valence-electron chi connectivity index (χ3n) is 15.1. The fourth-order valence-corrected chi connectivity index (χ4v) is 12.6. The molecule has 3 heterocycles. The maximum absolute atomic E-state index is 2.43. The van der Waals surface area contributed by atoms with Crippen LogP contribution >= 0.6 is 11.3 Å². The number of aromatic nitrogens is 2. The molecule has 0 amide bonds. The van der Waals surface area contributed by atoms with Crippen LogP contribution in [0, 0.1) is 0 Å². The summed E-state index contributed by atoms with van der Waals surface area (Å²) < 4.78 is 6.06. The number of para-hydroxylation sites is 4. The summed E-state index contributed by atoms with van der Waals surface area (Å²) in [5.74, 6) is 0. The van der Waals surface area contributed by atoms with Gasteiger partial charge in [0.15, 0.2) is 0 Å². The molecule has 352 valence electrons. The van der Waals surface area contributed by atoms with E-state index in [0.29, 0.717) is 0 Å². The molecule has 5 heteroatoms. The number of fused-ring (bicyclic) bond motifs is 9. The second-order valence-electron chi connectivity index (χ2n) is 19.4. The number of benzene rings is 12. The van der Waals surface area contributed by atoms with Gasteiger partial charge < -0.3 is 18.9 Å². The molecule has 4 nitrogen and oxygen atoms in total. The van der Waals surface area contributed by atoms with E-state index in [9.17, 15) is 0 Å². The summed E-state index contributed by atoms with van der Waals surface area (Å²) in [6.45, 7) is 0. The molecule has 0 aliphatic rings. The summed E-state index contributed by atoms with van der Waals surface area (Å²) in [7, 11) is 0. The van der Waals surface area contributed by atoms with Crippen LogP contribution in [-0.2, 0) is 0 Å². The van der Waals surface area contributed by atoms with E-state index >= 15 is 0 Å². The minimum atomic E-state index is 1.09. The van der Waals surface area contributed by atoms with Gasteiger partial charge in [-0.3, -0.25) is 0 Å². The molecule has 0 aliphatic carbocycles. The van der Waals surface area contributed by atoms with E-state index in [1.807, 2.05) is 0 Å². The Morgan fingerprint density at radius 2 is 0.733 bits per heavy atom. The van der Waals surface area contributed by atoms with Crippen molar-refractivity contribution in [3.63, 3.8) is 0 Å². The minimum absolute atomic E-state index is 1.09. The summed E-state index contributed by atoms with van der Waals surface area (Å²) in [5, 5.41) is 13.3. The molecule has 15 rings (SSSR count). The van der Waals surface area contributed by atoms with Crippen molar-refractivity contribution in [2.24, 2.45) is 0 Å². The molecular formula is C70H46N4S. The second kappa shape index (κ2) is 17.5. The monoisotopic (exact) mass is 974 g/mol. The largest absolute Gasteiger partial charge is 0.310 e. The molecule has 0 N–H and O–H groups in total. The van der Waals surface area contributed by atoms with Gasteiger partial charge in [-0.1, -0.05) is 152 Å². The second-order valence-corrected chi connectivity index (χ2v) is 20.3. The summed E-state index contributed by atoms with van der Waals surface area (Å²) in [4.78, 5) is 4.81. The molecule has 75 heavy (non-hydrogen) atoms. The highest BCUT2D eigenvalue weighted by Crippen LogP contribution is 2.47. The molecule has 0 radical (unpaired) electrons. The van der Waals surface area contributed by atoms with Crippen molar-refractivity contribution in [1.82, 2.24) is 9.13 Å². The van der Waals surface area contributed by atoms with E-state index < -0.39 is 0 Å². The Morgan fingerprint density at radius 1 is 0.280 bits per heavy atom. The van der Waals surface area contributed by atoms with Crippen molar-refractivity contribution >= 4 is 121 Å². The predicted octanol–water partition coefficient (Wildman–Crippen LogP) is 20.0. The van der Waals surface area contributed by atoms with Gasteiger partial charge in [0.05, 0.1) is 32.5 Å². The van der Waals surface area contributed by atoms with Gasteiger partial charge in [-0.25, -0.2) is 0 Å². The number of hydrogen-bond acceptors (Lipinski definition) is 3. The maximum atomic E-state index is 2.43. The van der Waals surface area contributed by atoms with Crippen molar-refractivity contribution in [2.75, 3.05) is 9.80 Å². The van der Waals surface area contributed by atoms with E-state index in [1.165, 1.54) is 86.4 Å². The highest BCUT2D eigenvalue weighted by molar-refractivity contribution is 7.18. The van der Waals surface area contributed by atoms with Gasteiger partial charge in [0.2, 0.25) is 0 Å². The van der Waals surface area contributed by atoms with Crippen LogP contribution in [0.2, 0.25) is 0 Å². The number of anilines is 6. The molecule has 12 aromatic carbocycles. The first-order chi connectivity index (χ1) is 37.2. The number of nitrogens with zero attached hydrogens (tertiary/aromatic N) is 4. The summed E-state index contributed by atoms with van der Waals surface area (Å²) in [5.41, 5.74) is 16.1. The summed E-state index contributed by atoms with van der Waals surface area (Å²) >= 11 is 1.80. The molecule has 0 unspecified atom stereocenters. The van der Waals surface area contributed by atoms with Crippen LogP contribution in [-0.4, -0.2) is 9.13 Å². The maximum Gasteiger partial charge on any atom is 0.0640 e. The quantitative estimate of drug-likeness (QED) is 0.143. The van der Waals surface area contributed by atoms with Crippen LogP contribution in [0.15, 0.2) is 278 Å². The Balaban J connectivity index is 0.817. The van der Waals surface area contributed by atoms with E-state index in [0.717, 1.165) is 45.5 Å². The van der Waals surface area contributed by atoms with Crippen molar-refractivity contribution in [3.05, 3.63) is 278 Å². The van der Waals surface area contributed by atoms with Crippen molar-refractivity contribution in [2.45, 2.75) is 0 Å². The normalized spacial score (nSPS) is 11.7. The first-order valence-corrected chi connectivity index (χ1v) is 26.4. The first-order valence-electron chi connectivity index (χ1n) is 25.6. The van der Waals surface area contributed by atoms with Gasteiger partial charge >= 0.3 is 0 Å². The molecule has 0 spiro atoms. The number of hydrogen-bond donors (Lipinski definition) is 0. The SMILES string of the molecule is c1ccc(N(c2ccc(-c3ccc(N(c4ccccc4)c4ccc5c(c4)c4ccccc4n5-c4ccc5ccccc5c4)c4sccc34)cc2)c2ccc3c(c2)c2ccccc2n3-c2ccc3ccccc3c2)cc1. The van der Waals surface area contributed by atoms with E-state index in [-0.39, 0.29) is 0 Å². The lowest BCUT2D eigenvalue weighted by Crippen LogP contribution is -2.10. The lowest BCUT2D eigenvalue weighted by molar-refractivity contribution is 1.18. The summed E-state index contributed by atoms with van der Waals surface area (Å²) in [6.07, 6.45) is 0. The topological polar surface area (TPSA) is 16.3 Å². The fraction of sp³-hybridized carbons (Fsp3) is 0. The van der Waals surface area contributed by atoms with Crippen LogP contribution in [0.4, 0.5) is 34.1 Å². The lowest BCUT2D eigenvalue weighted by atomic mass is 10.00. The van der Waals surface area contributed by atoms with Crippen LogP contribution in [0.3, 0.4) is 0 Å². The van der Waals surface area contributed by atoms with Crippen molar-refractivity contribution < 1.29 is 0 Å². The Hall–Kier alpha value is -9.68. The Bertz CT molecular complexity index is 4660. The highest BCUT2D eigenvalue weighted by atomic mass is 32.1. The highest BCUT2D eigenvalue weighted by Gasteiger charge is 2.22. The Morgan fingerprint density at radius 3 is 1.31 bits per heavy atom. The zero-order valence-electron chi connectivity index (χ0n) is 40.8. The predicted molar refractivity (Wildman–Crippen MR) is 320 cm³/mol. The molecule has 0 saturated carbocycles. The van der Waals surface area contributed by atoms with Crippen molar-refractivity contribution in [1.29, 1.82) is 0 Å². The van der Waals surface area contributed by atoms with Gasteiger partial charge in [0.25, 0.3) is 0 Å². The average molecular weight is 975 g/mol. The lowest BCUT2D eigenvalue weighted by Gasteiger charge is -2.27. The van der Waals surface area contributed by atoms with Gasteiger partial charge in [0, 0.05) is 66.7 Å². The van der Waals surface area contributed by atoms with Crippen LogP contribution in [0.25, 0.3) is 97.7 Å². The third-order valence-corrected chi connectivity index (χ3v) is 16.1. The third kappa shape index (κ3) is 7.12. The Labute approximate surface area is 438 Å². The first kappa shape index (κ1) is 43.0. The van der Waals surface area contributed by atoms with Gasteiger partial charge in [-0.05, 0) is 159 Å². The molecule has 0 atom stereocenters. The average Bonchev–Trinajstić information content (AvgIpc) is 4.20. The molecule has 3 aromatic heterocycles. The molecule has 0 aliphatic heterocycles. The van der Waals surface area contributed by atoms with Gasteiger partial charge in [-0.2, -0.15) is 0 Å². The molecule has 0 saturated heterocycles. The van der Waals surface area contributed by atoms with E-state index in [2.05, 4.69) is 297 Å². The zero-order valence-corrected chi connectivity index (χ0v) is 41.6. The molecular weight excluding hydrogens is 929 g/mol. The molecule has 15 aromatic rings.